The number of hydrogen-bond acceptors (Lipinski definition) is 1. The highest BCUT2D eigenvalue weighted by molar-refractivity contribution is 9.10. The Morgan fingerprint density at radius 1 is 1.17 bits per heavy atom. The molecule has 1 unspecified atom stereocenters. The van der Waals surface area contributed by atoms with Crippen molar-refractivity contribution in [2.45, 2.75) is 13.0 Å². The molecule has 94 valence electrons. The molecule has 0 saturated heterocycles. The number of rotatable bonds is 2. The van der Waals surface area contributed by atoms with Crippen molar-refractivity contribution >= 4 is 15.9 Å². The monoisotopic (exact) mass is 311 g/mol. The normalized spacial score (nSPS) is 12.5. The van der Waals surface area contributed by atoms with Gasteiger partial charge in [0.05, 0.1) is 6.04 Å². The molecule has 2 aromatic rings. The Labute approximate surface area is 113 Å². The van der Waals surface area contributed by atoms with Crippen molar-refractivity contribution in [1.82, 2.24) is 0 Å². The van der Waals surface area contributed by atoms with Gasteiger partial charge in [0, 0.05) is 10.0 Å². The third-order valence-corrected chi connectivity index (χ3v) is 3.20. The van der Waals surface area contributed by atoms with Crippen LogP contribution in [0.2, 0.25) is 0 Å². The molecule has 1 atom stereocenters. The van der Waals surface area contributed by atoms with Crippen molar-refractivity contribution in [2.75, 3.05) is 0 Å². The molecule has 2 N–H and O–H groups in total. The summed E-state index contributed by atoms with van der Waals surface area (Å²) in [6, 6.07) is 8.95. The third-order valence-electron chi connectivity index (χ3n) is 2.74. The van der Waals surface area contributed by atoms with Crippen LogP contribution in [-0.2, 0) is 0 Å². The molecule has 0 aliphatic heterocycles. The van der Waals surface area contributed by atoms with E-state index >= 15 is 0 Å². The molecule has 0 aliphatic carbocycles. The first kappa shape index (κ1) is 13.2. The van der Waals surface area contributed by atoms with Crippen molar-refractivity contribution in [3.05, 3.63) is 69.2 Å². The second-order valence-electron chi connectivity index (χ2n) is 4.18. The van der Waals surface area contributed by atoms with Crippen molar-refractivity contribution in [2.24, 2.45) is 5.73 Å². The topological polar surface area (TPSA) is 26.0 Å². The van der Waals surface area contributed by atoms with Crippen molar-refractivity contribution in [3.8, 4) is 0 Å². The standard InChI is InChI=1S/C14H12BrF2N/c1-8-5-9(7-10(15)6-8)14(18)11-3-2-4-12(16)13(11)17/h2-7,14H,18H2,1H3. The van der Waals surface area contributed by atoms with E-state index in [-0.39, 0.29) is 5.56 Å². The fourth-order valence-corrected chi connectivity index (χ4v) is 2.51. The Morgan fingerprint density at radius 3 is 2.56 bits per heavy atom. The molecule has 2 rings (SSSR count). The zero-order valence-corrected chi connectivity index (χ0v) is 11.3. The van der Waals surface area contributed by atoms with Crippen LogP contribution in [0.1, 0.15) is 22.7 Å². The molecule has 0 fully saturated rings. The first-order valence-electron chi connectivity index (χ1n) is 5.45. The number of hydrogen-bond donors (Lipinski definition) is 1. The fraction of sp³-hybridized carbons (Fsp3) is 0.143. The van der Waals surface area contributed by atoms with Gasteiger partial charge < -0.3 is 5.73 Å². The van der Waals surface area contributed by atoms with E-state index in [1.54, 1.807) is 0 Å². The minimum absolute atomic E-state index is 0.160. The maximum absolute atomic E-state index is 13.7. The van der Waals surface area contributed by atoms with Gasteiger partial charge in [0.25, 0.3) is 0 Å². The minimum atomic E-state index is -0.886. The lowest BCUT2D eigenvalue weighted by molar-refractivity contribution is 0.494. The van der Waals surface area contributed by atoms with E-state index in [2.05, 4.69) is 15.9 Å². The van der Waals surface area contributed by atoms with E-state index in [1.165, 1.54) is 12.1 Å². The minimum Gasteiger partial charge on any atom is -0.320 e. The zero-order valence-electron chi connectivity index (χ0n) is 9.75. The van der Waals surface area contributed by atoms with Gasteiger partial charge in [-0.3, -0.25) is 0 Å². The molecular formula is C14H12BrF2N. The molecule has 0 aromatic heterocycles. The Morgan fingerprint density at radius 2 is 1.89 bits per heavy atom. The van der Waals surface area contributed by atoms with Gasteiger partial charge in [-0.15, -0.1) is 0 Å². The molecule has 0 bridgehead atoms. The molecule has 18 heavy (non-hydrogen) atoms. The Hall–Kier alpha value is -1.26. The molecular weight excluding hydrogens is 300 g/mol. The smallest absolute Gasteiger partial charge is 0.163 e. The van der Waals surface area contributed by atoms with Crippen molar-refractivity contribution in [3.63, 3.8) is 0 Å². The molecule has 0 radical (unpaired) electrons. The van der Waals surface area contributed by atoms with Crippen LogP contribution < -0.4 is 5.73 Å². The van der Waals surface area contributed by atoms with Gasteiger partial charge in [-0.05, 0) is 36.2 Å². The van der Waals surface area contributed by atoms with Gasteiger partial charge in [-0.2, -0.15) is 0 Å². The summed E-state index contributed by atoms with van der Waals surface area (Å²) in [4.78, 5) is 0. The Bertz CT molecular complexity index is 564. The summed E-state index contributed by atoms with van der Waals surface area (Å²) < 4.78 is 27.7. The molecule has 4 heteroatoms. The predicted molar refractivity (Wildman–Crippen MR) is 71.3 cm³/mol. The second kappa shape index (κ2) is 5.16. The van der Waals surface area contributed by atoms with Crippen LogP contribution in [0.4, 0.5) is 8.78 Å². The highest BCUT2D eigenvalue weighted by Crippen LogP contribution is 2.26. The van der Waals surface area contributed by atoms with E-state index in [4.69, 9.17) is 5.73 Å². The SMILES string of the molecule is Cc1cc(Br)cc(C(N)c2cccc(F)c2F)c1. The van der Waals surface area contributed by atoms with Crippen LogP contribution in [-0.4, -0.2) is 0 Å². The largest absolute Gasteiger partial charge is 0.320 e. The average molecular weight is 312 g/mol. The third kappa shape index (κ3) is 2.60. The average Bonchev–Trinajstić information content (AvgIpc) is 2.30. The lowest BCUT2D eigenvalue weighted by Crippen LogP contribution is -2.14. The number of benzene rings is 2. The van der Waals surface area contributed by atoms with Crippen molar-refractivity contribution in [1.29, 1.82) is 0 Å². The number of nitrogens with two attached hydrogens (primary N) is 1. The quantitative estimate of drug-likeness (QED) is 0.888. The zero-order chi connectivity index (χ0) is 13.3. The van der Waals surface area contributed by atoms with Crippen LogP contribution in [0.15, 0.2) is 40.9 Å². The van der Waals surface area contributed by atoms with Crippen LogP contribution >= 0.6 is 15.9 Å². The summed E-state index contributed by atoms with van der Waals surface area (Å²) >= 11 is 3.36. The maximum atomic E-state index is 13.7. The summed E-state index contributed by atoms with van der Waals surface area (Å²) in [7, 11) is 0. The van der Waals surface area contributed by atoms with Crippen LogP contribution in [0, 0.1) is 18.6 Å². The Balaban J connectivity index is 2.47. The first-order chi connectivity index (χ1) is 8.49. The molecule has 0 saturated carbocycles. The molecule has 2 aromatic carbocycles. The first-order valence-corrected chi connectivity index (χ1v) is 6.25. The van der Waals surface area contributed by atoms with Crippen molar-refractivity contribution < 1.29 is 8.78 Å². The van der Waals surface area contributed by atoms with E-state index in [1.807, 2.05) is 25.1 Å². The van der Waals surface area contributed by atoms with E-state index < -0.39 is 17.7 Å². The Kier molecular flexibility index (Phi) is 3.78. The van der Waals surface area contributed by atoms with Crippen LogP contribution in [0.5, 0.6) is 0 Å². The highest BCUT2D eigenvalue weighted by atomic mass is 79.9. The van der Waals surface area contributed by atoms with Crippen LogP contribution in [0.3, 0.4) is 0 Å². The fourth-order valence-electron chi connectivity index (χ4n) is 1.88. The van der Waals surface area contributed by atoms with Crippen LogP contribution in [0.25, 0.3) is 0 Å². The highest BCUT2D eigenvalue weighted by Gasteiger charge is 2.16. The van der Waals surface area contributed by atoms with E-state index in [9.17, 15) is 8.78 Å². The van der Waals surface area contributed by atoms with Gasteiger partial charge in [0.1, 0.15) is 0 Å². The molecule has 0 spiro atoms. The lowest BCUT2D eigenvalue weighted by Gasteiger charge is -2.15. The summed E-state index contributed by atoms with van der Waals surface area (Å²) in [5.74, 6) is -1.77. The second-order valence-corrected chi connectivity index (χ2v) is 5.10. The molecule has 0 heterocycles. The maximum Gasteiger partial charge on any atom is 0.163 e. The van der Waals surface area contributed by atoms with Gasteiger partial charge in [-0.1, -0.05) is 34.1 Å². The van der Waals surface area contributed by atoms with E-state index in [0.29, 0.717) is 0 Å². The number of aryl methyl sites for hydroxylation is 1. The number of halogens is 3. The van der Waals surface area contributed by atoms with Gasteiger partial charge >= 0.3 is 0 Å². The summed E-state index contributed by atoms with van der Waals surface area (Å²) in [5, 5.41) is 0. The van der Waals surface area contributed by atoms with Gasteiger partial charge in [-0.25, -0.2) is 8.78 Å². The summed E-state index contributed by atoms with van der Waals surface area (Å²) in [6.45, 7) is 1.92. The van der Waals surface area contributed by atoms with E-state index in [0.717, 1.165) is 21.7 Å². The molecule has 0 amide bonds. The summed E-state index contributed by atoms with van der Waals surface area (Å²) in [6.07, 6.45) is 0. The molecule has 0 aliphatic rings. The van der Waals surface area contributed by atoms with Gasteiger partial charge in [0.2, 0.25) is 0 Å². The molecule has 1 nitrogen and oxygen atoms in total. The lowest BCUT2D eigenvalue weighted by atomic mass is 9.98. The predicted octanol–water partition coefficient (Wildman–Crippen LogP) is 4.08. The summed E-state index contributed by atoms with van der Waals surface area (Å²) in [5.41, 5.74) is 7.90. The van der Waals surface area contributed by atoms with Gasteiger partial charge in [0.15, 0.2) is 11.6 Å².